The van der Waals surface area contributed by atoms with E-state index >= 15 is 0 Å². The Balaban J connectivity index is 1.85. The van der Waals surface area contributed by atoms with Crippen molar-refractivity contribution in [3.8, 4) is 0 Å². The molecule has 3 nitrogen and oxygen atoms in total. The summed E-state index contributed by atoms with van der Waals surface area (Å²) in [5.74, 6) is 0.757. The third-order valence-corrected chi connectivity index (χ3v) is 1.98. The molecule has 1 aromatic rings. The highest BCUT2D eigenvalue weighted by atomic mass is 16.5. The predicted octanol–water partition coefficient (Wildman–Crippen LogP) is 2.16. The Bertz CT molecular complexity index is 393. The van der Waals surface area contributed by atoms with Gasteiger partial charge in [0, 0.05) is 0 Å². The Morgan fingerprint density at radius 2 is 2.20 bits per heavy atom. The molecule has 0 N–H and O–H groups in total. The van der Waals surface area contributed by atoms with E-state index in [4.69, 9.17) is 4.74 Å². The minimum Gasteiger partial charge on any atom is -0.475 e. The maximum Gasteiger partial charge on any atom is 0.176 e. The average Bonchev–Trinajstić information content (AvgIpc) is 2.79. The van der Waals surface area contributed by atoms with Crippen molar-refractivity contribution in [1.82, 2.24) is 0 Å². The minimum absolute atomic E-state index is 0.499. The van der Waals surface area contributed by atoms with Crippen molar-refractivity contribution in [2.45, 2.75) is 0 Å². The molecule has 1 heterocycles. The quantitative estimate of drug-likeness (QED) is 0.736. The number of hydrogen-bond acceptors (Lipinski definition) is 2. The lowest BCUT2D eigenvalue weighted by Crippen LogP contribution is -1.96. The normalized spacial score (nSPS) is 17.5. The number of benzene rings is 1. The second-order valence-electron chi connectivity index (χ2n) is 3.12. The van der Waals surface area contributed by atoms with Gasteiger partial charge >= 0.3 is 0 Å². The van der Waals surface area contributed by atoms with Gasteiger partial charge in [0.05, 0.1) is 6.54 Å². The molecular weight excluding hydrogens is 188 g/mol. The summed E-state index contributed by atoms with van der Waals surface area (Å²) in [6, 6.07) is 10.1. The van der Waals surface area contributed by atoms with Crippen LogP contribution in [0.25, 0.3) is 6.08 Å². The van der Waals surface area contributed by atoms with Gasteiger partial charge in [0.1, 0.15) is 6.61 Å². The number of ether oxygens (including phenoxy) is 1. The predicted molar refractivity (Wildman–Crippen MR) is 62.2 cm³/mol. The van der Waals surface area contributed by atoms with Gasteiger partial charge in [-0.2, -0.15) is 0 Å². The Hall–Kier alpha value is -1.90. The molecule has 0 saturated carbocycles. The van der Waals surface area contributed by atoms with Crippen LogP contribution in [0.4, 0.5) is 0 Å². The van der Waals surface area contributed by atoms with Crippen molar-refractivity contribution in [1.29, 1.82) is 0 Å². The summed E-state index contributed by atoms with van der Waals surface area (Å²) in [6.45, 7) is 1.14. The molecule has 1 aliphatic rings. The molecule has 0 atom stereocenters. The van der Waals surface area contributed by atoms with Gasteiger partial charge in [-0.25, -0.2) is 4.99 Å². The Kier molecular flexibility index (Phi) is 3.28. The molecule has 2 rings (SSSR count). The number of aliphatic imine (C=N–C) groups is 2. The van der Waals surface area contributed by atoms with Crippen LogP contribution in [-0.4, -0.2) is 25.4 Å². The molecule has 0 saturated heterocycles. The molecule has 15 heavy (non-hydrogen) atoms. The van der Waals surface area contributed by atoms with Gasteiger partial charge in [0.2, 0.25) is 0 Å². The zero-order chi connectivity index (χ0) is 10.3. The lowest BCUT2D eigenvalue weighted by atomic mass is 10.2. The highest BCUT2D eigenvalue weighted by Gasteiger charge is 2.00. The summed E-state index contributed by atoms with van der Waals surface area (Å²) in [5.41, 5.74) is 1.18. The molecule has 0 radical (unpaired) electrons. The van der Waals surface area contributed by atoms with Crippen molar-refractivity contribution in [3.63, 3.8) is 0 Å². The zero-order valence-corrected chi connectivity index (χ0v) is 8.34. The summed E-state index contributed by atoms with van der Waals surface area (Å²) < 4.78 is 4.93. The fourth-order valence-corrected chi connectivity index (χ4v) is 1.24. The van der Waals surface area contributed by atoms with Gasteiger partial charge in [0.25, 0.3) is 0 Å². The molecule has 0 unspecified atom stereocenters. The van der Waals surface area contributed by atoms with E-state index in [9.17, 15) is 0 Å². The molecule has 76 valence electrons. The summed E-state index contributed by atoms with van der Waals surface area (Å²) >= 11 is 0. The molecule has 0 aliphatic carbocycles. The second kappa shape index (κ2) is 5.10. The molecule has 0 amide bonds. The van der Waals surface area contributed by atoms with E-state index in [0.29, 0.717) is 13.2 Å². The van der Waals surface area contributed by atoms with Crippen LogP contribution in [0.3, 0.4) is 0 Å². The fraction of sp³-hybridized carbons (Fsp3) is 0.167. The lowest BCUT2D eigenvalue weighted by molar-refractivity contribution is 0.396. The van der Waals surface area contributed by atoms with Crippen LogP contribution in [0.15, 0.2) is 46.4 Å². The first kappa shape index (κ1) is 9.65. The van der Waals surface area contributed by atoms with Crippen molar-refractivity contribution >= 4 is 18.3 Å². The van der Waals surface area contributed by atoms with Crippen LogP contribution in [0.2, 0.25) is 0 Å². The van der Waals surface area contributed by atoms with Gasteiger partial charge in [-0.3, -0.25) is 4.99 Å². The van der Waals surface area contributed by atoms with Crippen LogP contribution in [-0.2, 0) is 4.74 Å². The standard InChI is InChI=1S/C12H12N2O/c1-2-5-11(6-3-1)7-4-8-13-12-9-15-10-14-12/h1-7,10H,8-9H2. The van der Waals surface area contributed by atoms with E-state index in [1.54, 1.807) is 0 Å². The topological polar surface area (TPSA) is 34.0 Å². The summed E-state index contributed by atoms with van der Waals surface area (Å²) in [5, 5.41) is 0. The van der Waals surface area contributed by atoms with Crippen LogP contribution < -0.4 is 0 Å². The van der Waals surface area contributed by atoms with Gasteiger partial charge in [-0.15, -0.1) is 0 Å². The Morgan fingerprint density at radius 3 is 2.93 bits per heavy atom. The van der Waals surface area contributed by atoms with Gasteiger partial charge in [0.15, 0.2) is 12.2 Å². The maximum absolute atomic E-state index is 4.93. The van der Waals surface area contributed by atoms with Crippen molar-refractivity contribution in [2.75, 3.05) is 13.2 Å². The molecule has 3 heteroatoms. The van der Waals surface area contributed by atoms with Crippen LogP contribution in [0.1, 0.15) is 5.56 Å². The van der Waals surface area contributed by atoms with Crippen LogP contribution >= 0.6 is 0 Å². The van der Waals surface area contributed by atoms with E-state index in [1.807, 2.05) is 30.4 Å². The summed E-state index contributed by atoms with van der Waals surface area (Å²) in [6.07, 6.45) is 5.49. The molecule has 0 spiro atoms. The lowest BCUT2D eigenvalue weighted by Gasteiger charge is -1.91. The monoisotopic (exact) mass is 200 g/mol. The Labute approximate surface area is 88.8 Å². The first-order valence-electron chi connectivity index (χ1n) is 4.84. The summed E-state index contributed by atoms with van der Waals surface area (Å²) in [7, 11) is 0. The van der Waals surface area contributed by atoms with Gasteiger partial charge < -0.3 is 4.74 Å². The largest absolute Gasteiger partial charge is 0.475 e. The first-order chi connectivity index (χ1) is 7.45. The number of amidine groups is 1. The van der Waals surface area contributed by atoms with Gasteiger partial charge in [-0.05, 0) is 5.56 Å². The zero-order valence-electron chi connectivity index (χ0n) is 8.34. The van der Waals surface area contributed by atoms with E-state index in [0.717, 1.165) is 5.84 Å². The molecular formula is C12H12N2O. The van der Waals surface area contributed by atoms with Crippen molar-refractivity contribution in [3.05, 3.63) is 42.0 Å². The van der Waals surface area contributed by atoms with Crippen molar-refractivity contribution < 1.29 is 4.74 Å². The van der Waals surface area contributed by atoms with E-state index in [-0.39, 0.29) is 0 Å². The van der Waals surface area contributed by atoms with E-state index in [1.165, 1.54) is 12.0 Å². The number of hydrogen-bond donors (Lipinski definition) is 0. The third-order valence-electron chi connectivity index (χ3n) is 1.98. The first-order valence-corrected chi connectivity index (χ1v) is 4.84. The number of nitrogens with zero attached hydrogens (tertiary/aromatic N) is 2. The van der Waals surface area contributed by atoms with E-state index < -0.39 is 0 Å². The summed E-state index contributed by atoms with van der Waals surface area (Å²) in [4.78, 5) is 8.19. The maximum atomic E-state index is 4.93. The van der Waals surface area contributed by atoms with Crippen LogP contribution in [0, 0.1) is 0 Å². The minimum atomic E-state index is 0.499. The average molecular weight is 200 g/mol. The SMILES string of the molecule is C(=Cc1ccccc1)CN=C1COC=N1. The molecule has 0 aromatic heterocycles. The van der Waals surface area contributed by atoms with Crippen molar-refractivity contribution in [2.24, 2.45) is 9.98 Å². The fourth-order valence-electron chi connectivity index (χ4n) is 1.24. The smallest absolute Gasteiger partial charge is 0.176 e. The Morgan fingerprint density at radius 1 is 1.33 bits per heavy atom. The molecule has 0 bridgehead atoms. The number of rotatable bonds is 3. The third kappa shape index (κ3) is 3.06. The highest BCUT2D eigenvalue weighted by molar-refractivity contribution is 5.93. The van der Waals surface area contributed by atoms with Crippen LogP contribution in [0.5, 0.6) is 0 Å². The molecule has 1 aliphatic heterocycles. The van der Waals surface area contributed by atoms with Gasteiger partial charge in [-0.1, -0.05) is 42.5 Å². The molecule has 1 aromatic carbocycles. The second-order valence-corrected chi connectivity index (χ2v) is 3.12. The van der Waals surface area contributed by atoms with E-state index in [2.05, 4.69) is 22.1 Å². The molecule has 0 fully saturated rings. The highest BCUT2D eigenvalue weighted by Crippen LogP contribution is 2.00.